The van der Waals surface area contributed by atoms with Crippen molar-refractivity contribution in [1.29, 1.82) is 0 Å². The van der Waals surface area contributed by atoms with Crippen LogP contribution in [0, 0.1) is 10.1 Å². The Morgan fingerprint density at radius 2 is 2.11 bits per heavy atom. The summed E-state index contributed by atoms with van der Waals surface area (Å²) in [6.07, 6.45) is 1.40. The number of carbonyl (C=O) groups excluding carboxylic acids is 2. The van der Waals surface area contributed by atoms with E-state index in [1.165, 1.54) is 10.9 Å². The van der Waals surface area contributed by atoms with Crippen molar-refractivity contribution < 1.29 is 19.2 Å². The molecule has 1 atom stereocenters. The number of ether oxygens (including phenoxy) is 1. The van der Waals surface area contributed by atoms with Crippen LogP contribution in [0.2, 0.25) is 0 Å². The van der Waals surface area contributed by atoms with E-state index in [4.69, 9.17) is 4.74 Å². The fourth-order valence-corrected chi connectivity index (χ4v) is 3.30. The maximum Gasteiger partial charge on any atom is 0.404 e. The number of halogens is 1. The van der Waals surface area contributed by atoms with Crippen LogP contribution < -0.4 is 10.6 Å². The number of nitro groups is 1. The van der Waals surface area contributed by atoms with Crippen LogP contribution in [0.1, 0.15) is 18.5 Å². The van der Waals surface area contributed by atoms with Crippen LogP contribution in [0.15, 0.2) is 52.3 Å². The van der Waals surface area contributed by atoms with Gasteiger partial charge in [-0.3, -0.25) is 0 Å². The summed E-state index contributed by atoms with van der Waals surface area (Å²) in [6, 6.07) is 7.74. The van der Waals surface area contributed by atoms with Crippen LogP contribution in [0.25, 0.3) is 0 Å². The zero-order chi connectivity index (χ0) is 20.3. The summed E-state index contributed by atoms with van der Waals surface area (Å²) in [4.78, 5) is 35.2. The molecular weight excluding hydrogens is 434 g/mol. The number of benzene rings is 1. The standard InChI is InChI=1S/C17H16BrN5O5/c1-2-28-16(24)13-12(9-22-8-11(18)15(21-22)23(26)27)19-17(25)20-14(13)10-6-4-3-5-7-10/h3-8,14H,2,9H2,1H3,(H2,19,20,25). The number of rotatable bonds is 6. The van der Waals surface area contributed by atoms with Gasteiger partial charge in [0, 0.05) is 0 Å². The van der Waals surface area contributed by atoms with E-state index < -0.39 is 23.0 Å². The van der Waals surface area contributed by atoms with Crippen LogP contribution >= 0.6 is 15.9 Å². The van der Waals surface area contributed by atoms with E-state index in [1.807, 2.05) is 6.07 Å². The van der Waals surface area contributed by atoms with Gasteiger partial charge in [-0.05, 0) is 33.3 Å². The van der Waals surface area contributed by atoms with Crippen LogP contribution in [-0.2, 0) is 16.1 Å². The molecule has 1 aromatic carbocycles. The average molecular weight is 450 g/mol. The number of hydrogen-bond acceptors (Lipinski definition) is 6. The fraction of sp³-hybridized carbons (Fsp3) is 0.235. The summed E-state index contributed by atoms with van der Waals surface area (Å²) < 4.78 is 6.63. The van der Waals surface area contributed by atoms with Gasteiger partial charge in [-0.1, -0.05) is 30.3 Å². The van der Waals surface area contributed by atoms with E-state index >= 15 is 0 Å². The molecule has 2 amide bonds. The molecule has 146 valence electrons. The molecule has 28 heavy (non-hydrogen) atoms. The Kier molecular flexibility index (Phi) is 5.73. The molecule has 0 saturated carbocycles. The van der Waals surface area contributed by atoms with Gasteiger partial charge in [0.2, 0.25) is 0 Å². The molecule has 10 nitrogen and oxygen atoms in total. The minimum absolute atomic E-state index is 0.0582. The number of nitrogens with one attached hydrogen (secondary N) is 2. The smallest absolute Gasteiger partial charge is 0.404 e. The van der Waals surface area contributed by atoms with Crippen LogP contribution in [0.5, 0.6) is 0 Å². The van der Waals surface area contributed by atoms with Crippen molar-refractivity contribution in [3.05, 3.63) is 67.9 Å². The van der Waals surface area contributed by atoms with Crippen molar-refractivity contribution in [1.82, 2.24) is 20.4 Å². The lowest BCUT2D eigenvalue weighted by molar-refractivity contribution is -0.390. The lowest BCUT2D eigenvalue weighted by atomic mass is 9.95. The molecule has 0 radical (unpaired) electrons. The van der Waals surface area contributed by atoms with Crippen molar-refractivity contribution in [3.63, 3.8) is 0 Å². The normalized spacial score (nSPS) is 16.4. The van der Waals surface area contributed by atoms with E-state index in [9.17, 15) is 19.7 Å². The molecule has 2 aromatic rings. The first-order chi connectivity index (χ1) is 13.4. The number of amides is 2. The van der Waals surface area contributed by atoms with Gasteiger partial charge in [0.25, 0.3) is 0 Å². The first-order valence-corrected chi connectivity index (χ1v) is 9.10. The Hall–Kier alpha value is -3.21. The SMILES string of the molecule is CCOC(=O)C1=C(Cn2cc(Br)c([N+](=O)[O-])n2)NC(=O)NC1c1ccccc1. The molecule has 11 heteroatoms. The Morgan fingerprint density at radius 3 is 2.71 bits per heavy atom. The van der Waals surface area contributed by atoms with Gasteiger partial charge in [-0.15, -0.1) is 0 Å². The highest BCUT2D eigenvalue weighted by atomic mass is 79.9. The fourth-order valence-electron chi connectivity index (χ4n) is 2.84. The van der Waals surface area contributed by atoms with Gasteiger partial charge in [0.1, 0.15) is 11.0 Å². The Bertz CT molecular complexity index is 956. The Morgan fingerprint density at radius 1 is 1.39 bits per heavy atom. The van der Waals surface area contributed by atoms with Crippen molar-refractivity contribution in [2.45, 2.75) is 19.5 Å². The lowest BCUT2D eigenvalue weighted by Crippen LogP contribution is -2.46. The third-order valence-electron chi connectivity index (χ3n) is 3.97. The van der Waals surface area contributed by atoms with Gasteiger partial charge < -0.3 is 25.5 Å². The molecule has 1 aromatic heterocycles. The van der Waals surface area contributed by atoms with Crippen LogP contribution in [0.3, 0.4) is 0 Å². The molecule has 0 aliphatic carbocycles. The number of aromatic nitrogens is 2. The van der Waals surface area contributed by atoms with Crippen molar-refractivity contribution in [2.24, 2.45) is 0 Å². The van der Waals surface area contributed by atoms with E-state index in [2.05, 4.69) is 31.7 Å². The second-order valence-corrected chi connectivity index (χ2v) is 6.66. The molecule has 0 spiro atoms. The highest BCUT2D eigenvalue weighted by Crippen LogP contribution is 2.29. The molecule has 1 unspecified atom stereocenters. The highest BCUT2D eigenvalue weighted by molar-refractivity contribution is 9.10. The summed E-state index contributed by atoms with van der Waals surface area (Å²) in [5.74, 6) is -0.960. The maximum atomic E-state index is 12.7. The number of esters is 1. The summed E-state index contributed by atoms with van der Waals surface area (Å²) in [5, 5.41) is 20.2. The van der Waals surface area contributed by atoms with Crippen LogP contribution in [0.4, 0.5) is 10.6 Å². The zero-order valence-electron chi connectivity index (χ0n) is 14.7. The highest BCUT2D eigenvalue weighted by Gasteiger charge is 2.34. The molecular formula is C17H16BrN5O5. The zero-order valence-corrected chi connectivity index (χ0v) is 16.3. The van der Waals surface area contributed by atoms with E-state index in [-0.39, 0.29) is 34.7 Å². The molecule has 1 aliphatic heterocycles. The first-order valence-electron chi connectivity index (χ1n) is 8.30. The van der Waals surface area contributed by atoms with E-state index in [0.717, 1.165) is 0 Å². The summed E-state index contributed by atoms with van der Waals surface area (Å²) >= 11 is 3.08. The van der Waals surface area contributed by atoms with Gasteiger partial charge in [0.05, 0.1) is 35.2 Å². The topological polar surface area (TPSA) is 128 Å². The van der Waals surface area contributed by atoms with E-state index in [0.29, 0.717) is 5.56 Å². The molecule has 2 heterocycles. The average Bonchev–Trinajstić information content (AvgIpc) is 3.02. The molecule has 0 bridgehead atoms. The van der Waals surface area contributed by atoms with E-state index in [1.54, 1.807) is 31.2 Å². The molecule has 0 saturated heterocycles. The predicted molar refractivity (Wildman–Crippen MR) is 101 cm³/mol. The second-order valence-electron chi connectivity index (χ2n) is 5.81. The minimum Gasteiger partial charge on any atom is -0.463 e. The van der Waals surface area contributed by atoms with Crippen molar-refractivity contribution in [3.8, 4) is 0 Å². The first kappa shape index (κ1) is 19.5. The number of nitrogens with zero attached hydrogens (tertiary/aromatic N) is 3. The third kappa shape index (κ3) is 4.03. The summed E-state index contributed by atoms with van der Waals surface area (Å²) in [6.45, 7) is 1.78. The molecule has 0 fully saturated rings. The maximum absolute atomic E-state index is 12.7. The second kappa shape index (κ2) is 8.21. The molecule has 2 N–H and O–H groups in total. The van der Waals surface area contributed by atoms with Gasteiger partial charge in [0.15, 0.2) is 0 Å². The minimum atomic E-state index is -0.724. The van der Waals surface area contributed by atoms with Crippen molar-refractivity contribution >= 4 is 33.7 Å². The Balaban J connectivity index is 2.06. The molecule has 3 rings (SSSR count). The summed E-state index contributed by atoms with van der Waals surface area (Å²) in [7, 11) is 0. The van der Waals surface area contributed by atoms with Gasteiger partial charge in [-0.2, -0.15) is 4.68 Å². The lowest BCUT2D eigenvalue weighted by Gasteiger charge is -2.29. The number of carbonyl (C=O) groups is 2. The van der Waals surface area contributed by atoms with Gasteiger partial charge >= 0.3 is 17.8 Å². The largest absolute Gasteiger partial charge is 0.463 e. The van der Waals surface area contributed by atoms with Crippen LogP contribution in [-0.4, -0.2) is 33.3 Å². The monoisotopic (exact) mass is 449 g/mol. The Labute approximate surface area is 167 Å². The molecule has 1 aliphatic rings. The van der Waals surface area contributed by atoms with Crippen molar-refractivity contribution in [2.75, 3.05) is 6.61 Å². The van der Waals surface area contributed by atoms with Gasteiger partial charge in [-0.25, -0.2) is 9.59 Å². The number of hydrogen-bond donors (Lipinski definition) is 2. The number of allylic oxidation sites excluding steroid dienone is 1. The number of urea groups is 1. The predicted octanol–water partition coefficient (Wildman–Crippen LogP) is 2.43. The quantitative estimate of drug-likeness (QED) is 0.395. The third-order valence-corrected chi connectivity index (χ3v) is 4.53. The summed E-state index contributed by atoms with van der Waals surface area (Å²) in [5.41, 5.74) is 1.16.